The number of hydrogen-bond donors (Lipinski definition) is 0. The zero-order chi connectivity index (χ0) is 15.9. The Hall–Kier alpha value is -0.0400. The van der Waals surface area contributed by atoms with Crippen LogP contribution in [0, 0.1) is 23.2 Å². The Morgan fingerprint density at radius 3 is 2.26 bits per heavy atom. The normalized spacial score (nSPS) is 51.4. The molecule has 4 aliphatic rings. The van der Waals surface area contributed by atoms with Crippen molar-refractivity contribution in [3.05, 3.63) is 0 Å². The van der Waals surface area contributed by atoms with Gasteiger partial charge in [-0.2, -0.15) is 0 Å². The van der Waals surface area contributed by atoms with E-state index in [0.717, 1.165) is 17.8 Å². The van der Waals surface area contributed by atoms with E-state index in [1.807, 2.05) is 0 Å². The molecular weight excluding hydrogens is 278 g/mol. The van der Waals surface area contributed by atoms with Crippen molar-refractivity contribution in [3.8, 4) is 0 Å². The number of hydrogen-bond acceptors (Lipinski definition) is 1. The van der Waals surface area contributed by atoms with Crippen LogP contribution in [0.25, 0.3) is 0 Å². The Kier molecular flexibility index (Phi) is 4.54. The molecular formula is C22H39N. The van der Waals surface area contributed by atoms with E-state index in [2.05, 4.69) is 18.7 Å². The molecule has 132 valence electrons. The second-order valence-corrected chi connectivity index (χ2v) is 9.96. The van der Waals surface area contributed by atoms with Crippen LogP contribution in [0.5, 0.6) is 0 Å². The lowest BCUT2D eigenvalue weighted by molar-refractivity contribution is 0.0333. The van der Waals surface area contributed by atoms with Crippen molar-refractivity contribution < 1.29 is 0 Å². The standard InChI is InChI=1S/C22H39N/c1-21-17-22(21,2)23-14-10-5-3-4-7-12-19(16-23)18-11-8-6-9-13-20(21)15-18/h18-20H,3-17H2,1-2H3. The fraction of sp³-hybridized carbons (Fsp3) is 1.00. The fourth-order valence-corrected chi connectivity index (χ4v) is 6.85. The van der Waals surface area contributed by atoms with Crippen LogP contribution in [-0.2, 0) is 0 Å². The SMILES string of the molecule is CC12CC1(C)N1CCCCCCCC(C1)C1CCCCCC2C1. The van der Waals surface area contributed by atoms with E-state index in [1.54, 1.807) is 12.8 Å². The van der Waals surface area contributed by atoms with Crippen LogP contribution in [0.2, 0.25) is 0 Å². The van der Waals surface area contributed by atoms with Gasteiger partial charge in [-0.1, -0.05) is 58.3 Å². The maximum Gasteiger partial charge on any atom is 0.0244 e. The molecule has 4 bridgehead atoms. The van der Waals surface area contributed by atoms with Gasteiger partial charge in [0.15, 0.2) is 0 Å². The van der Waals surface area contributed by atoms with Crippen molar-refractivity contribution >= 4 is 0 Å². The van der Waals surface area contributed by atoms with Gasteiger partial charge < -0.3 is 0 Å². The van der Waals surface area contributed by atoms with Gasteiger partial charge in [-0.05, 0) is 68.7 Å². The minimum Gasteiger partial charge on any atom is -0.297 e. The van der Waals surface area contributed by atoms with Crippen molar-refractivity contribution in [3.63, 3.8) is 0 Å². The summed E-state index contributed by atoms with van der Waals surface area (Å²) in [4.78, 5) is 3.00. The summed E-state index contributed by atoms with van der Waals surface area (Å²) in [6.45, 7) is 8.12. The fourth-order valence-electron chi connectivity index (χ4n) is 6.85. The van der Waals surface area contributed by atoms with Crippen molar-refractivity contribution in [1.29, 1.82) is 0 Å². The molecule has 4 rings (SSSR count). The zero-order valence-corrected chi connectivity index (χ0v) is 15.8. The second-order valence-electron chi connectivity index (χ2n) is 9.96. The lowest BCUT2D eigenvalue weighted by atomic mass is 9.68. The van der Waals surface area contributed by atoms with Crippen molar-refractivity contribution in [1.82, 2.24) is 4.90 Å². The summed E-state index contributed by atoms with van der Waals surface area (Å²) in [7, 11) is 0. The van der Waals surface area contributed by atoms with Gasteiger partial charge in [-0.15, -0.1) is 0 Å². The van der Waals surface area contributed by atoms with Crippen LogP contribution >= 0.6 is 0 Å². The minimum absolute atomic E-state index is 0.541. The molecule has 0 aromatic rings. The summed E-state index contributed by atoms with van der Waals surface area (Å²) >= 11 is 0. The molecule has 0 amide bonds. The second kappa shape index (κ2) is 6.36. The Balaban J connectivity index is 1.63. The van der Waals surface area contributed by atoms with Crippen molar-refractivity contribution in [2.75, 3.05) is 13.1 Å². The molecule has 0 radical (unpaired) electrons. The molecule has 0 aromatic heterocycles. The molecule has 0 N–H and O–H groups in total. The Labute approximate surface area is 144 Å². The Bertz CT molecular complexity index is 418. The molecule has 0 aromatic carbocycles. The van der Waals surface area contributed by atoms with Crippen LogP contribution in [0.15, 0.2) is 0 Å². The van der Waals surface area contributed by atoms with Gasteiger partial charge in [0.1, 0.15) is 0 Å². The highest BCUT2D eigenvalue weighted by atomic mass is 15.3. The van der Waals surface area contributed by atoms with Gasteiger partial charge in [-0.3, -0.25) is 4.90 Å². The molecule has 6 atom stereocenters. The monoisotopic (exact) mass is 317 g/mol. The summed E-state index contributed by atoms with van der Waals surface area (Å²) in [5, 5.41) is 0. The largest absolute Gasteiger partial charge is 0.297 e. The third-order valence-corrected chi connectivity index (χ3v) is 8.76. The summed E-state index contributed by atoms with van der Waals surface area (Å²) in [5.41, 5.74) is 1.18. The number of nitrogens with zero attached hydrogens (tertiary/aromatic N) is 1. The maximum atomic E-state index is 3.00. The van der Waals surface area contributed by atoms with E-state index >= 15 is 0 Å². The molecule has 2 heterocycles. The topological polar surface area (TPSA) is 3.24 Å². The van der Waals surface area contributed by atoms with E-state index in [4.69, 9.17) is 0 Å². The molecule has 2 saturated heterocycles. The van der Waals surface area contributed by atoms with E-state index in [0.29, 0.717) is 11.0 Å². The maximum absolute atomic E-state index is 3.00. The first-order valence-electron chi connectivity index (χ1n) is 10.9. The van der Waals surface area contributed by atoms with Gasteiger partial charge in [-0.25, -0.2) is 0 Å². The van der Waals surface area contributed by atoms with Crippen LogP contribution in [-0.4, -0.2) is 23.5 Å². The minimum atomic E-state index is 0.541. The highest BCUT2D eigenvalue weighted by Crippen LogP contribution is 2.67. The van der Waals surface area contributed by atoms with E-state index in [9.17, 15) is 0 Å². The van der Waals surface area contributed by atoms with E-state index < -0.39 is 0 Å². The molecule has 0 spiro atoms. The third-order valence-electron chi connectivity index (χ3n) is 8.76. The van der Waals surface area contributed by atoms with Gasteiger partial charge in [0.2, 0.25) is 0 Å². The molecule has 2 aliphatic carbocycles. The summed E-state index contributed by atoms with van der Waals surface area (Å²) in [5.74, 6) is 3.07. The molecule has 2 aliphatic heterocycles. The predicted molar refractivity (Wildman–Crippen MR) is 98.6 cm³/mol. The third kappa shape index (κ3) is 2.90. The van der Waals surface area contributed by atoms with Crippen molar-refractivity contribution in [2.24, 2.45) is 23.2 Å². The van der Waals surface area contributed by atoms with Crippen LogP contribution < -0.4 is 0 Å². The average molecular weight is 318 g/mol. The smallest absolute Gasteiger partial charge is 0.0244 e. The zero-order valence-electron chi connectivity index (χ0n) is 15.8. The van der Waals surface area contributed by atoms with Crippen molar-refractivity contribution in [2.45, 2.75) is 103 Å². The van der Waals surface area contributed by atoms with Crippen LogP contribution in [0.1, 0.15) is 97.3 Å². The van der Waals surface area contributed by atoms with E-state index in [-0.39, 0.29) is 0 Å². The summed E-state index contributed by atoms with van der Waals surface area (Å²) in [6.07, 6.45) is 19.6. The highest BCUT2D eigenvalue weighted by Gasteiger charge is 2.67. The Morgan fingerprint density at radius 1 is 0.739 bits per heavy atom. The lowest BCUT2D eigenvalue weighted by Crippen LogP contribution is -2.48. The van der Waals surface area contributed by atoms with Gasteiger partial charge in [0, 0.05) is 12.1 Å². The molecule has 2 saturated carbocycles. The van der Waals surface area contributed by atoms with Crippen LogP contribution in [0.3, 0.4) is 0 Å². The Morgan fingerprint density at radius 2 is 1.39 bits per heavy atom. The molecule has 1 heteroatoms. The summed E-state index contributed by atoms with van der Waals surface area (Å²) in [6, 6.07) is 0. The van der Waals surface area contributed by atoms with Gasteiger partial charge in [0.25, 0.3) is 0 Å². The molecule has 1 nitrogen and oxygen atoms in total. The quantitative estimate of drug-likeness (QED) is 0.527. The van der Waals surface area contributed by atoms with Crippen LogP contribution in [0.4, 0.5) is 0 Å². The van der Waals surface area contributed by atoms with Gasteiger partial charge in [0.05, 0.1) is 0 Å². The first-order valence-corrected chi connectivity index (χ1v) is 10.9. The average Bonchev–Trinajstić information content (AvgIpc) is 3.07. The first-order chi connectivity index (χ1) is 11.1. The lowest BCUT2D eigenvalue weighted by Gasteiger charge is -2.45. The van der Waals surface area contributed by atoms with E-state index in [1.165, 1.54) is 83.7 Å². The predicted octanol–water partition coefficient (Wildman–Crippen LogP) is 6.03. The molecule has 23 heavy (non-hydrogen) atoms. The number of fused-ring (bicyclic) bond motifs is 8. The van der Waals surface area contributed by atoms with Gasteiger partial charge >= 0.3 is 0 Å². The summed E-state index contributed by atoms with van der Waals surface area (Å²) < 4.78 is 0. The highest BCUT2D eigenvalue weighted by molar-refractivity contribution is 5.21. The molecule has 6 unspecified atom stereocenters. The first kappa shape index (κ1) is 16.4. The molecule has 4 fully saturated rings. The number of rotatable bonds is 0.